The highest BCUT2D eigenvalue weighted by Crippen LogP contribution is 2.33. The van der Waals surface area contributed by atoms with Crippen LogP contribution in [0.25, 0.3) is 0 Å². The van der Waals surface area contributed by atoms with Crippen molar-refractivity contribution < 1.29 is 14.7 Å². The molecular weight excluding hydrogens is 301 g/mol. The van der Waals surface area contributed by atoms with Crippen LogP contribution >= 0.6 is 9.24 Å². The van der Waals surface area contributed by atoms with E-state index in [4.69, 9.17) is 5.11 Å². The highest BCUT2D eigenvalue weighted by molar-refractivity contribution is 7.16. The lowest BCUT2D eigenvalue weighted by atomic mass is 10.0. The fourth-order valence-corrected chi connectivity index (χ4v) is 2.55. The molecule has 3 heterocycles. The Kier molecular flexibility index (Phi) is 4.50. The van der Waals surface area contributed by atoms with Crippen LogP contribution in [-0.2, 0) is 9.59 Å². The van der Waals surface area contributed by atoms with E-state index in [1.54, 1.807) is 0 Å². The van der Waals surface area contributed by atoms with E-state index < -0.39 is 0 Å². The lowest BCUT2D eigenvalue weighted by molar-refractivity contribution is -0.117. The van der Waals surface area contributed by atoms with E-state index in [9.17, 15) is 9.59 Å². The molecule has 1 aliphatic carbocycles. The Labute approximate surface area is 132 Å². The van der Waals surface area contributed by atoms with Gasteiger partial charge in [-0.05, 0) is 12.6 Å². The summed E-state index contributed by atoms with van der Waals surface area (Å²) in [5.41, 5.74) is 1.89. The molecule has 7 heteroatoms. The molecule has 3 aliphatic heterocycles. The lowest BCUT2D eigenvalue weighted by Crippen LogP contribution is -2.29. The molecule has 1 N–H and O–H groups in total. The van der Waals surface area contributed by atoms with E-state index in [-0.39, 0.29) is 11.6 Å². The summed E-state index contributed by atoms with van der Waals surface area (Å²) in [5.74, 6) is 0.0485. The molecule has 0 aromatic rings. The highest BCUT2D eigenvalue weighted by atomic mass is 31.0. The molecule has 3 saturated heterocycles. The molecule has 0 saturated carbocycles. The van der Waals surface area contributed by atoms with Gasteiger partial charge in [-0.25, -0.2) is 0 Å². The first kappa shape index (κ1) is 15.5. The fraction of sp³-hybridized carbons (Fsp3) is 0.600. The van der Waals surface area contributed by atoms with Gasteiger partial charge in [0.2, 0.25) is 11.6 Å². The quantitative estimate of drug-likeness (QED) is 0.415. The van der Waals surface area contributed by atoms with Crippen molar-refractivity contribution in [1.82, 2.24) is 14.7 Å². The third-order valence-electron chi connectivity index (χ3n) is 3.85. The number of aliphatic hydroxyl groups is 1. The van der Waals surface area contributed by atoms with Gasteiger partial charge in [0.15, 0.2) is 0 Å². The summed E-state index contributed by atoms with van der Waals surface area (Å²) >= 11 is 0. The predicted octanol–water partition coefficient (Wildman–Crippen LogP) is -0.576. The minimum Gasteiger partial charge on any atom is -0.396 e. The summed E-state index contributed by atoms with van der Waals surface area (Å²) in [4.78, 5) is 30.5. The number of carbonyl (C=O) groups excluding carboxylic acids is 2. The van der Waals surface area contributed by atoms with Crippen LogP contribution < -0.4 is 0 Å². The number of carbonyl (C=O) groups is 2. The highest BCUT2D eigenvalue weighted by Gasteiger charge is 2.43. The van der Waals surface area contributed by atoms with Gasteiger partial charge in [-0.15, -0.1) is 9.24 Å². The summed E-state index contributed by atoms with van der Waals surface area (Å²) in [5, 5.41) is 8.05. The number of hydrogen-bond donors (Lipinski definition) is 1. The van der Waals surface area contributed by atoms with Crippen LogP contribution in [0.3, 0.4) is 0 Å². The molecule has 22 heavy (non-hydrogen) atoms. The van der Waals surface area contributed by atoms with Crippen LogP contribution in [0.5, 0.6) is 0 Å². The minimum absolute atomic E-state index is 0.00546. The Morgan fingerprint density at radius 1 is 0.955 bits per heavy atom. The number of allylic oxidation sites excluding steroid dienone is 1. The first-order valence-corrected chi connectivity index (χ1v) is 8.59. The zero-order chi connectivity index (χ0) is 15.7. The second kappa shape index (κ2) is 6.39. The molecule has 0 amide bonds. The maximum atomic E-state index is 12.4. The van der Waals surface area contributed by atoms with Gasteiger partial charge in [-0.3, -0.25) is 9.59 Å². The molecule has 0 aromatic carbocycles. The Morgan fingerprint density at radius 3 is 1.91 bits per heavy atom. The third kappa shape index (κ3) is 3.33. The van der Waals surface area contributed by atoms with Gasteiger partial charge in [0.25, 0.3) is 0 Å². The van der Waals surface area contributed by atoms with Crippen molar-refractivity contribution in [2.75, 3.05) is 52.0 Å². The van der Waals surface area contributed by atoms with Gasteiger partial charge in [0, 0.05) is 52.0 Å². The molecule has 4 aliphatic rings. The summed E-state index contributed by atoms with van der Waals surface area (Å²) in [6.07, 6.45) is 3.44. The van der Waals surface area contributed by atoms with Gasteiger partial charge in [0.1, 0.15) is 11.4 Å². The number of nitrogens with zero attached hydrogens (tertiary/aromatic N) is 3. The van der Waals surface area contributed by atoms with Gasteiger partial charge < -0.3 is 19.8 Å². The zero-order valence-electron chi connectivity index (χ0n) is 12.6. The Hall–Kier alpha value is -1.39. The number of Topliss-reactive ketones (excluding diaryl/α,β-unsaturated/α-hetero) is 1. The van der Waals surface area contributed by atoms with Gasteiger partial charge in [-0.2, -0.15) is 0 Å². The van der Waals surface area contributed by atoms with Crippen molar-refractivity contribution in [3.05, 3.63) is 23.2 Å². The van der Waals surface area contributed by atoms with E-state index in [2.05, 4.69) is 9.24 Å². The van der Waals surface area contributed by atoms with Crippen LogP contribution in [0.2, 0.25) is 0 Å². The molecule has 6 nitrogen and oxygen atoms in total. The van der Waals surface area contributed by atoms with Crippen molar-refractivity contribution >= 4 is 20.8 Å². The SMILES string of the molecule is O=C1C=C(N2CC2)C(=O)C(N2CC2)=C1N1CC1.OCCCP. The second-order valence-corrected chi connectivity index (χ2v) is 6.32. The number of hydrogen-bond acceptors (Lipinski definition) is 6. The fourth-order valence-electron chi connectivity index (χ4n) is 2.37. The molecule has 120 valence electrons. The first-order chi connectivity index (χ1) is 10.7. The maximum absolute atomic E-state index is 12.4. The standard InChI is InChI=1S/C12H13N3O2.C3H9OP/c16-9-7-8(13-1-2-13)12(17)11(15-5-6-15)10(9)14-3-4-14;4-2-1-3-5/h7H,1-6H2;4H,1-3,5H2. The monoisotopic (exact) mass is 323 g/mol. The Balaban J connectivity index is 0.000000254. The smallest absolute Gasteiger partial charge is 0.227 e. The summed E-state index contributed by atoms with van der Waals surface area (Å²) in [7, 11) is 2.54. The van der Waals surface area contributed by atoms with Crippen molar-refractivity contribution in [3.63, 3.8) is 0 Å². The minimum atomic E-state index is 0.00546. The van der Waals surface area contributed by atoms with Crippen LogP contribution in [-0.4, -0.2) is 83.4 Å². The van der Waals surface area contributed by atoms with Crippen LogP contribution in [0.4, 0.5) is 0 Å². The van der Waals surface area contributed by atoms with Crippen molar-refractivity contribution in [2.45, 2.75) is 6.42 Å². The molecule has 1 unspecified atom stereocenters. The van der Waals surface area contributed by atoms with Crippen LogP contribution in [0.15, 0.2) is 23.2 Å². The Bertz CT molecular complexity index is 544. The normalized spacial score (nSPS) is 22.5. The van der Waals surface area contributed by atoms with Gasteiger partial charge in [0.05, 0.1) is 5.70 Å². The van der Waals surface area contributed by atoms with Crippen LogP contribution in [0.1, 0.15) is 6.42 Å². The molecule has 0 spiro atoms. The molecule has 3 fully saturated rings. The van der Waals surface area contributed by atoms with E-state index in [1.807, 2.05) is 14.7 Å². The third-order valence-corrected chi connectivity index (χ3v) is 4.26. The van der Waals surface area contributed by atoms with Crippen LogP contribution in [0, 0.1) is 0 Å². The van der Waals surface area contributed by atoms with E-state index in [0.717, 1.165) is 51.9 Å². The first-order valence-electron chi connectivity index (χ1n) is 7.78. The van der Waals surface area contributed by atoms with E-state index in [1.165, 1.54) is 6.08 Å². The van der Waals surface area contributed by atoms with Gasteiger partial charge >= 0.3 is 0 Å². The average Bonchev–Trinajstić information content (AvgIpc) is 3.37. The largest absolute Gasteiger partial charge is 0.396 e. The van der Waals surface area contributed by atoms with Crippen molar-refractivity contribution in [2.24, 2.45) is 0 Å². The molecular formula is C15H22N3O3P. The summed E-state index contributed by atoms with van der Waals surface area (Å²) in [6, 6.07) is 0. The second-order valence-electron chi connectivity index (χ2n) is 5.75. The lowest BCUT2D eigenvalue weighted by Gasteiger charge is -2.21. The van der Waals surface area contributed by atoms with E-state index >= 15 is 0 Å². The topological polar surface area (TPSA) is 63.4 Å². The number of ketones is 2. The maximum Gasteiger partial charge on any atom is 0.227 e. The Morgan fingerprint density at radius 2 is 1.50 bits per heavy atom. The summed E-state index contributed by atoms with van der Waals surface area (Å²) < 4.78 is 0. The van der Waals surface area contributed by atoms with Crippen molar-refractivity contribution in [3.8, 4) is 0 Å². The number of rotatable bonds is 5. The van der Waals surface area contributed by atoms with Gasteiger partial charge in [-0.1, -0.05) is 0 Å². The molecule has 0 aromatic heterocycles. The zero-order valence-corrected chi connectivity index (χ0v) is 13.8. The molecule has 0 bridgehead atoms. The number of aliphatic hydroxyl groups excluding tert-OH is 1. The predicted molar refractivity (Wildman–Crippen MR) is 86.1 cm³/mol. The van der Waals surface area contributed by atoms with E-state index in [0.29, 0.717) is 23.7 Å². The summed E-state index contributed by atoms with van der Waals surface area (Å²) in [6.45, 7) is 5.73. The molecule has 0 radical (unpaired) electrons. The van der Waals surface area contributed by atoms with Crippen molar-refractivity contribution in [1.29, 1.82) is 0 Å². The molecule has 1 atom stereocenters. The molecule has 4 rings (SSSR count). The average molecular weight is 323 g/mol.